The first kappa shape index (κ1) is 16.0. The number of rotatable bonds is 6. The first-order chi connectivity index (χ1) is 10.1. The quantitative estimate of drug-likeness (QED) is 0.872. The fraction of sp³-hybridized carbons (Fsp3) is 0.750. The number of carbonyl (C=O) groups is 1. The molecule has 118 valence electrons. The zero-order chi connectivity index (χ0) is 15.4. The second-order valence-electron chi connectivity index (χ2n) is 5.88. The highest BCUT2D eigenvalue weighted by Crippen LogP contribution is 2.24. The molecule has 21 heavy (non-hydrogen) atoms. The Labute approximate surface area is 126 Å². The summed E-state index contributed by atoms with van der Waals surface area (Å²) in [6.45, 7) is 6.62. The van der Waals surface area contributed by atoms with Crippen LogP contribution in [0.2, 0.25) is 0 Å². The number of aliphatic hydroxyl groups is 1. The van der Waals surface area contributed by atoms with E-state index in [1.54, 1.807) is 6.92 Å². The molecule has 0 saturated carbocycles. The average molecular weight is 294 g/mol. The van der Waals surface area contributed by atoms with Gasteiger partial charge in [0.2, 0.25) is 5.91 Å². The number of nitrogens with zero attached hydrogens (tertiary/aromatic N) is 2. The van der Waals surface area contributed by atoms with E-state index in [1.807, 2.05) is 18.7 Å². The lowest BCUT2D eigenvalue weighted by Crippen LogP contribution is -2.38. The summed E-state index contributed by atoms with van der Waals surface area (Å²) < 4.78 is 5.33. The van der Waals surface area contributed by atoms with Gasteiger partial charge in [0.25, 0.3) is 0 Å². The number of amides is 1. The van der Waals surface area contributed by atoms with Crippen molar-refractivity contribution in [3.8, 4) is 0 Å². The molecule has 2 atom stereocenters. The lowest BCUT2D eigenvalue weighted by atomic mass is 10.0. The van der Waals surface area contributed by atoms with E-state index >= 15 is 0 Å². The fourth-order valence-electron chi connectivity index (χ4n) is 3.19. The number of aromatic nitrogens is 1. The molecule has 1 aliphatic heterocycles. The Hall–Kier alpha value is -1.36. The molecule has 5 nitrogen and oxygen atoms in total. The van der Waals surface area contributed by atoms with E-state index in [-0.39, 0.29) is 18.1 Å². The van der Waals surface area contributed by atoms with Crippen molar-refractivity contribution < 1.29 is 14.4 Å². The Morgan fingerprint density at radius 1 is 1.48 bits per heavy atom. The van der Waals surface area contributed by atoms with E-state index in [2.05, 4.69) is 5.16 Å². The number of hydrogen-bond acceptors (Lipinski definition) is 4. The molecule has 1 fully saturated rings. The van der Waals surface area contributed by atoms with Crippen molar-refractivity contribution in [3.63, 3.8) is 0 Å². The molecule has 0 aliphatic carbocycles. The SMILES string of the molecule is CCc1noc(CC)c1CC(=O)N1CCCC1CC(C)O. The van der Waals surface area contributed by atoms with E-state index in [0.29, 0.717) is 12.8 Å². The normalized spacial score (nSPS) is 20.0. The van der Waals surface area contributed by atoms with Crippen LogP contribution in [0.3, 0.4) is 0 Å². The standard InChI is InChI=1S/C16H26N2O3/c1-4-14-13(15(5-2)21-17-14)10-16(20)18-8-6-7-12(18)9-11(3)19/h11-12,19H,4-10H2,1-3H3. The van der Waals surface area contributed by atoms with Gasteiger partial charge < -0.3 is 14.5 Å². The molecular formula is C16H26N2O3. The van der Waals surface area contributed by atoms with Crippen LogP contribution in [0.5, 0.6) is 0 Å². The van der Waals surface area contributed by atoms with Gasteiger partial charge in [0, 0.05) is 24.6 Å². The molecule has 1 aromatic heterocycles. The molecule has 1 aliphatic rings. The Balaban J connectivity index is 2.08. The van der Waals surface area contributed by atoms with Gasteiger partial charge in [-0.3, -0.25) is 4.79 Å². The molecule has 2 rings (SSSR count). The van der Waals surface area contributed by atoms with Crippen LogP contribution in [-0.2, 0) is 24.1 Å². The van der Waals surface area contributed by atoms with Crippen molar-refractivity contribution in [2.45, 2.75) is 71.4 Å². The molecule has 1 aromatic rings. The number of carbonyl (C=O) groups excluding carboxylic acids is 1. The summed E-state index contributed by atoms with van der Waals surface area (Å²) in [7, 11) is 0. The van der Waals surface area contributed by atoms with Gasteiger partial charge in [0.15, 0.2) is 0 Å². The number of aliphatic hydroxyl groups excluding tert-OH is 1. The predicted molar refractivity (Wildman–Crippen MR) is 80.0 cm³/mol. The van der Waals surface area contributed by atoms with Crippen molar-refractivity contribution in [1.29, 1.82) is 0 Å². The van der Waals surface area contributed by atoms with Gasteiger partial charge in [-0.1, -0.05) is 19.0 Å². The second kappa shape index (κ2) is 7.07. The van der Waals surface area contributed by atoms with Crippen LogP contribution in [0.15, 0.2) is 4.52 Å². The highest BCUT2D eigenvalue weighted by Gasteiger charge is 2.30. The number of hydrogen-bond donors (Lipinski definition) is 1. The topological polar surface area (TPSA) is 66.6 Å². The molecule has 0 aromatic carbocycles. The van der Waals surface area contributed by atoms with Crippen LogP contribution in [-0.4, -0.2) is 39.8 Å². The van der Waals surface area contributed by atoms with E-state index in [9.17, 15) is 9.90 Å². The number of aryl methyl sites for hydroxylation is 2. The molecule has 1 amide bonds. The minimum absolute atomic E-state index is 0.130. The molecule has 0 spiro atoms. The van der Waals surface area contributed by atoms with Crippen LogP contribution in [0, 0.1) is 0 Å². The Morgan fingerprint density at radius 3 is 2.86 bits per heavy atom. The predicted octanol–water partition coefficient (Wildman–Crippen LogP) is 2.10. The van der Waals surface area contributed by atoms with Crippen LogP contribution in [0.1, 0.15) is 57.1 Å². The highest BCUT2D eigenvalue weighted by molar-refractivity contribution is 5.79. The van der Waals surface area contributed by atoms with Gasteiger partial charge in [-0.15, -0.1) is 0 Å². The third-order valence-electron chi connectivity index (χ3n) is 4.25. The van der Waals surface area contributed by atoms with Crippen molar-refractivity contribution in [2.24, 2.45) is 0 Å². The second-order valence-corrected chi connectivity index (χ2v) is 5.88. The van der Waals surface area contributed by atoms with E-state index in [0.717, 1.165) is 49.2 Å². The Morgan fingerprint density at radius 2 is 2.24 bits per heavy atom. The van der Waals surface area contributed by atoms with Crippen molar-refractivity contribution >= 4 is 5.91 Å². The molecule has 0 radical (unpaired) electrons. The third-order valence-corrected chi connectivity index (χ3v) is 4.25. The maximum Gasteiger partial charge on any atom is 0.227 e. The fourth-order valence-corrected chi connectivity index (χ4v) is 3.19. The maximum atomic E-state index is 12.6. The van der Waals surface area contributed by atoms with Gasteiger partial charge in [0.1, 0.15) is 5.76 Å². The van der Waals surface area contributed by atoms with Crippen molar-refractivity contribution in [1.82, 2.24) is 10.1 Å². The van der Waals surface area contributed by atoms with Gasteiger partial charge in [-0.05, 0) is 32.6 Å². The zero-order valence-electron chi connectivity index (χ0n) is 13.3. The third kappa shape index (κ3) is 3.64. The first-order valence-corrected chi connectivity index (χ1v) is 8.00. The Kier molecular flexibility index (Phi) is 5.39. The monoisotopic (exact) mass is 294 g/mol. The summed E-state index contributed by atoms with van der Waals surface area (Å²) >= 11 is 0. The van der Waals surface area contributed by atoms with E-state index < -0.39 is 0 Å². The summed E-state index contributed by atoms with van der Waals surface area (Å²) in [5.41, 5.74) is 1.86. The van der Waals surface area contributed by atoms with Crippen LogP contribution in [0.25, 0.3) is 0 Å². The average Bonchev–Trinajstić information content (AvgIpc) is 3.04. The van der Waals surface area contributed by atoms with Gasteiger partial charge in [-0.25, -0.2) is 0 Å². The summed E-state index contributed by atoms with van der Waals surface area (Å²) in [6, 6.07) is 0.174. The van der Waals surface area contributed by atoms with Gasteiger partial charge in [0.05, 0.1) is 18.2 Å². The van der Waals surface area contributed by atoms with Gasteiger partial charge >= 0.3 is 0 Å². The Bertz CT molecular complexity index is 460. The molecule has 2 unspecified atom stereocenters. The summed E-state index contributed by atoms with van der Waals surface area (Å²) in [4.78, 5) is 14.5. The minimum atomic E-state index is -0.364. The summed E-state index contributed by atoms with van der Waals surface area (Å²) in [5, 5.41) is 13.6. The lowest BCUT2D eigenvalue weighted by molar-refractivity contribution is -0.131. The molecule has 5 heteroatoms. The van der Waals surface area contributed by atoms with E-state index in [4.69, 9.17) is 4.52 Å². The highest BCUT2D eigenvalue weighted by atomic mass is 16.5. The number of likely N-dealkylation sites (tertiary alicyclic amines) is 1. The molecular weight excluding hydrogens is 268 g/mol. The van der Waals surface area contributed by atoms with Crippen molar-refractivity contribution in [2.75, 3.05) is 6.54 Å². The van der Waals surface area contributed by atoms with Crippen LogP contribution < -0.4 is 0 Å². The molecule has 1 N–H and O–H groups in total. The summed E-state index contributed by atoms with van der Waals surface area (Å²) in [6.07, 6.45) is 4.21. The molecule has 1 saturated heterocycles. The van der Waals surface area contributed by atoms with Crippen molar-refractivity contribution in [3.05, 3.63) is 17.0 Å². The van der Waals surface area contributed by atoms with E-state index in [1.165, 1.54) is 0 Å². The minimum Gasteiger partial charge on any atom is -0.393 e. The first-order valence-electron chi connectivity index (χ1n) is 8.00. The molecule has 2 heterocycles. The summed E-state index contributed by atoms with van der Waals surface area (Å²) in [5.74, 6) is 0.956. The zero-order valence-corrected chi connectivity index (χ0v) is 13.3. The van der Waals surface area contributed by atoms with Crippen LogP contribution >= 0.6 is 0 Å². The maximum absolute atomic E-state index is 12.6. The van der Waals surface area contributed by atoms with Crippen LogP contribution in [0.4, 0.5) is 0 Å². The smallest absolute Gasteiger partial charge is 0.227 e. The largest absolute Gasteiger partial charge is 0.393 e. The van der Waals surface area contributed by atoms with Gasteiger partial charge in [-0.2, -0.15) is 0 Å². The lowest BCUT2D eigenvalue weighted by Gasteiger charge is -2.25. The molecule has 0 bridgehead atoms.